The Labute approximate surface area is 95.7 Å². The molecule has 4 heteroatoms. The SMILES string of the molecule is CN1CCC[C@H](C(=O)Nc2cccnc2)C1. The summed E-state index contributed by atoms with van der Waals surface area (Å²) in [6.45, 7) is 1.95. The summed E-state index contributed by atoms with van der Waals surface area (Å²) in [5.41, 5.74) is 0.778. The molecule has 0 aromatic carbocycles. The minimum atomic E-state index is 0.110. The third-order valence-corrected chi connectivity index (χ3v) is 2.92. The molecule has 86 valence electrons. The first-order valence-corrected chi connectivity index (χ1v) is 5.65. The van der Waals surface area contributed by atoms with Gasteiger partial charge in [0, 0.05) is 12.7 Å². The van der Waals surface area contributed by atoms with Crippen molar-refractivity contribution >= 4 is 11.6 Å². The molecule has 1 N–H and O–H groups in total. The number of hydrogen-bond acceptors (Lipinski definition) is 3. The van der Waals surface area contributed by atoms with E-state index in [9.17, 15) is 4.79 Å². The number of amides is 1. The highest BCUT2D eigenvalue weighted by atomic mass is 16.1. The van der Waals surface area contributed by atoms with Crippen molar-refractivity contribution in [2.45, 2.75) is 12.8 Å². The van der Waals surface area contributed by atoms with Crippen molar-refractivity contribution in [3.8, 4) is 0 Å². The summed E-state index contributed by atoms with van der Waals surface area (Å²) in [5, 5.41) is 2.90. The first-order chi connectivity index (χ1) is 7.75. The number of carbonyl (C=O) groups excluding carboxylic acids is 1. The lowest BCUT2D eigenvalue weighted by molar-refractivity contribution is -0.121. The molecule has 0 saturated carbocycles. The van der Waals surface area contributed by atoms with Crippen molar-refractivity contribution in [3.05, 3.63) is 24.5 Å². The molecule has 1 fully saturated rings. The van der Waals surface area contributed by atoms with Crippen LogP contribution in [0.3, 0.4) is 0 Å². The molecule has 1 saturated heterocycles. The van der Waals surface area contributed by atoms with Gasteiger partial charge in [0.2, 0.25) is 5.91 Å². The molecule has 1 atom stereocenters. The minimum Gasteiger partial charge on any atom is -0.324 e. The molecule has 0 bridgehead atoms. The van der Waals surface area contributed by atoms with Crippen LogP contribution in [0.5, 0.6) is 0 Å². The highest BCUT2D eigenvalue weighted by Crippen LogP contribution is 2.17. The van der Waals surface area contributed by atoms with Gasteiger partial charge in [0.25, 0.3) is 0 Å². The Morgan fingerprint density at radius 1 is 1.62 bits per heavy atom. The molecular formula is C12H17N3O. The molecule has 2 heterocycles. The minimum absolute atomic E-state index is 0.110. The number of likely N-dealkylation sites (tertiary alicyclic amines) is 1. The highest BCUT2D eigenvalue weighted by Gasteiger charge is 2.23. The van der Waals surface area contributed by atoms with Gasteiger partial charge in [0.15, 0.2) is 0 Å². The van der Waals surface area contributed by atoms with Gasteiger partial charge in [0.05, 0.1) is 17.8 Å². The zero-order chi connectivity index (χ0) is 11.4. The molecule has 0 aliphatic carbocycles. The molecule has 1 aromatic rings. The number of carbonyl (C=O) groups is 1. The maximum absolute atomic E-state index is 11.9. The number of nitrogens with zero attached hydrogens (tertiary/aromatic N) is 2. The molecule has 1 amide bonds. The molecule has 1 aromatic heterocycles. The van der Waals surface area contributed by atoms with Gasteiger partial charge in [-0.3, -0.25) is 9.78 Å². The van der Waals surface area contributed by atoms with E-state index in [1.54, 1.807) is 12.4 Å². The average molecular weight is 219 g/mol. The van der Waals surface area contributed by atoms with Crippen LogP contribution in [0.4, 0.5) is 5.69 Å². The monoisotopic (exact) mass is 219 g/mol. The maximum Gasteiger partial charge on any atom is 0.228 e. The van der Waals surface area contributed by atoms with Crippen molar-refractivity contribution < 1.29 is 4.79 Å². The molecule has 1 aliphatic rings. The molecule has 0 radical (unpaired) electrons. The van der Waals surface area contributed by atoms with Crippen LogP contribution in [0.15, 0.2) is 24.5 Å². The van der Waals surface area contributed by atoms with Gasteiger partial charge >= 0.3 is 0 Å². The molecule has 0 unspecified atom stereocenters. The zero-order valence-corrected chi connectivity index (χ0v) is 9.52. The van der Waals surface area contributed by atoms with E-state index in [1.165, 1.54) is 0 Å². The summed E-state index contributed by atoms with van der Waals surface area (Å²) in [7, 11) is 2.06. The fraction of sp³-hybridized carbons (Fsp3) is 0.500. The highest BCUT2D eigenvalue weighted by molar-refractivity contribution is 5.92. The molecule has 1 aliphatic heterocycles. The quantitative estimate of drug-likeness (QED) is 0.817. The second-order valence-corrected chi connectivity index (χ2v) is 4.33. The van der Waals surface area contributed by atoms with Crippen LogP contribution < -0.4 is 5.32 Å². The third kappa shape index (κ3) is 2.79. The lowest BCUT2D eigenvalue weighted by Gasteiger charge is -2.28. The number of piperidine rings is 1. The number of nitrogens with one attached hydrogen (secondary N) is 1. The Morgan fingerprint density at radius 2 is 2.50 bits per heavy atom. The van der Waals surface area contributed by atoms with Gasteiger partial charge in [-0.1, -0.05) is 0 Å². The smallest absolute Gasteiger partial charge is 0.228 e. The van der Waals surface area contributed by atoms with Gasteiger partial charge in [-0.25, -0.2) is 0 Å². The first-order valence-electron chi connectivity index (χ1n) is 5.65. The molecule has 4 nitrogen and oxygen atoms in total. The number of hydrogen-bond donors (Lipinski definition) is 1. The van der Waals surface area contributed by atoms with E-state index in [2.05, 4.69) is 22.2 Å². The topological polar surface area (TPSA) is 45.2 Å². The van der Waals surface area contributed by atoms with Crippen molar-refractivity contribution in [2.75, 3.05) is 25.5 Å². The van der Waals surface area contributed by atoms with Crippen molar-refractivity contribution in [1.82, 2.24) is 9.88 Å². The summed E-state index contributed by atoms with van der Waals surface area (Å²) < 4.78 is 0. The van der Waals surface area contributed by atoms with Gasteiger partial charge in [-0.15, -0.1) is 0 Å². The largest absolute Gasteiger partial charge is 0.324 e. The molecular weight excluding hydrogens is 202 g/mol. The van der Waals surface area contributed by atoms with Gasteiger partial charge < -0.3 is 10.2 Å². The second-order valence-electron chi connectivity index (χ2n) is 4.33. The predicted molar refractivity (Wildman–Crippen MR) is 63.1 cm³/mol. The Morgan fingerprint density at radius 3 is 3.19 bits per heavy atom. The van der Waals surface area contributed by atoms with Gasteiger partial charge in [0.1, 0.15) is 0 Å². The van der Waals surface area contributed by atoms with Crippen LogP contribution in [-0.2, 0) is 4.79 Å². The number of pyridine rings is 1. The van der Waals surface area contributed by atoms with E-state index in [0.29, 0.717) is 0 Å². The molecule has 0 spiro atoms. The lowest BCUT2D eigenvalue weighted by atomic mass is 9.97. The van der Waals surface area contributed by atoms with Crippen LogP contribution in [0.25, 0.3) is 0 Å². The van der Waals surface area contributed by atoms with E-state index < -0.39 is 0 Å². The Bertz CT molecular complexity index is 353. The van der Waals surface area contributed by atoms with Crippen LogP contribution in [0.1, 0.15) is 12.8 Å². The van der Waals surface area contributed by atoms with Crippen molar-refractivity contribution in [1.29, 1.82) is 0 Å². The normalized spacial score (nSPS) is 21.7. The van der Waals surface area contributed by atoms with Crippen molar-refractivity contribution in [2.24, 2.45) is 5.92 Å². The van der Waals surface area contributed by atoms with Crippen LogP contribution >= 0.6 is 0 Å². The summed E-state index contributed by atoms with van der Waals surface area (Å²) in [4.78, 5) is 18.1. The number of aromatic nitrogens is 1. The van der Waals surface area contributed by atoms with E-state index in [4.69, 9.17) is 0 Å². The van der Waals surface area contributed by atoms with Crippen LogP contribution in [0, 0.1) is 5.92 Å². The second kappa shape index (κ2) is 5.07. The summed E-state index contributed by atoms with van der Waals surface area (Å²) in [5.74, 6) is 0.221. The van der Waals surface area contributed by atoms with E-state index in [1.807, 2.05) is 12.1 Å². The Kier molecular flexibility index (Phi) is 3.51. The summed E-state index contributed by atoms with van der Waals surface area (Å²) in [6.07, 6.45) is 5.45. The predicted octanol–water partition coefficient (Wildman–Crippen LogP) is 1.36. The standard InChI is InChI=1S/C12H17N3O/c1-15-7-3-4-10(9-15)12(16)14-11-5-2-6-13-8-11/h2,5-6,8,10H,3-4,7,9H2,1H3,(H,14,16)/t10-/m0/s1. The van der Waals surface area contributed by atoms with Gasteiger partial charge in [-0.05, 0) is 38.6 Å². The van der Waals surface area contributed by atoms with Crippen LogP contribution in [0.2, 0.25) is 0 Å². The Hall–Kier alpha value is -1.42. The fourth-order valence-electron chi connectivity index (χ4n) is 2.06. The Balaban J connectivity index is 1.93. The summed E-state index contributed by atoms with van der Waals surface area (Å²) >= 11 is 0. The maximum atomic E-state index is 11.9. The lowest BCUT2D eigenvalue weighted by Crippen LogP contribution is -2.38. The number of rotatable bonds is 2. The van der Waals surface area contributed by atoms with E-state index in [0.717, 1.165) is 31.6 Å². The summed E-state index contributed by atoms with van der Waals surface area (Å²) in [6, 6.07) is 3.68. The molecule has 16 heavy (non-hydrogen) atoms. The van der Waals surface area contributed by atoms with E-state index in [-0.39, 0.29) is 11.8 Å². The first kappa shape index (κ1) is 11.1. The molecule has 2 rings (SSSR count). The fourth-order valence-corrected chi connectivity index (χ4v) is 2.06. The number of anilines is 1. The van der Waals surface area contributed by atoms with Crippen LogP contribution in [-0.4, -0.2) is 35.9 Å². The average Bonchev–Trinajstić information content (AvgIpc) is 2.30. The third-order valence-electron chi connectivity index (χ3n) is 2.92. The zero-order valence-electron chi connectivity index (χ0n) is 9.52. The van der Waals surface area contributed by atoms with Gasteiger partial charge in [-0.2, -0.15) is 0 Å². The van der Waals surface area contributed by atoms with Crippen molar-refractivity contribution in [3.63, 3.8) is 0 Å². The van der Waals surface area contributed by atoms with E-state index >= 15 is 0 Å².